The van der Waals surface area contributed by atoms with Crippen LogP contribution >= 0.6 is 0 Å². The number of hydrogen-bond donors (Lipinski definition) is 1. The Bertz CT molecular complexity index is 410. The molecule has 1 aliphatic rings. The Balaban J connectivity index is 2.15. The van der Waals surface area contributed by atoms with Crippen LogP contribution in [-0.4, -0.2) is 25.8 Å². The quantitative estimate of drug-likeness (QED) is 0.898. The summed E-state index contributed by atoms with van der Waals surface area (Å²) in [5, 5.41) is 3.55. The predicted molar refractivity (Wildman–Crippen MR) is 80.8 cm³/mol. The van der Waals surface area contributed by atoms with Gasteiger partial charge in [-0.15, -0.1) is 0 Å². The Hall–Kier alpha value is -0.860. The summed E-state index contributed by atoms with van der Waals surface area (Å²) >= 11 is 0. The second-order valence-electron chi connectivity index (χ2n) is 7.14. The molecule has 1 fully saturated rings. The molecule has 1 heterocycles. The Morgan fingerprint density at radius 1 is 1.16 bits per heavy atom. The second-order valence-corrected chi connectivity index (χ2v) is 7.14. The summed E-state index contributed by atoms with van der Waals surface area (Å²) in [6, 6.07) is 9.62. The fraction of sp³-hybridized carbons (Fsp3) is 0.647. The molecule has 19 heavy (non-hydrogen) atoms. The van der Waals surface area contributed by atoms with E-state index in [0.29, 0.717) is 6.04 Å². The summed E-state index contributed by atoms with van der Waals surface area (Å²) in [4.78, 5) is 0. The van der Waals surface area contributed by atoms with Gasteiger partial charge in [-0.1, -0.05) is 58.9 Å². The highest BCUT2D eigenvalue weighted by Gasteiger charge is 2.40. The maximum atomic E-state index is 5.48. The maximum absolute atomic E-state index is 5.48. The summed E-state index contributed by atoms with van der Waals surface area (Å²) < 4.78 is 5.48. The Morgan fingerprint density at radius 3 is 2.11 bits per heavy atom. The molecule has 0 radical (unpaired) electrons. The van der Waals surface area contributed by atoms with Crippen molar-refractivity contribution in [2.45, 2.75) is 51.5 Å². The van der Waals surface area contributed by atoms with Crippen molar-refractivity contribution in [2.75, 3.05) is 19.8 Å². The fourth-order valence-electron chi connectivity index (χ4n) is 2.44. The summed E-state index contributed by atoms with van der Waals surface area (Å²) in [7, 11) is 0. The van der Waals surface area contributed by atoms with Gasteiger partial charge in [-0.25, -0.2) is 0 Å². The van der Waals surface area contributed by atoms with Gasteiger partial charge in [-0.2, -0.15) is 0 Å². The van der Waals surface area contributed by atoms with Gasteiger partial charge in [0.1, 0.15) is 0 Å². The van der Waals surface area contributed by atoms with Crippen LogP contribution in [0.1, 0.15) is 45.7 Å². The molecular weight excluding hydrogens is 234 g/mol. The Morgan fingerprint density at radius 2 is 1.74 bits per heavy atom. The molecule has 0 saturated carbocycles. The van der Waals surface area contributed by atoms with Gasteiger partial charge >= 0.3 is 0 Å². The Labute approximate surface area is 117 Å². The van der Waals surface area contributed by atoms with Crippen LogP contribution in [0.4, 0.5) is 0 Å². The molecule has 0 bridgehead atoms. The van der Waals surface area contributed by atoms with E-state index in [2.05, 4.69) is 64.2 Å². The van der Waals surface area contributed by atoms with Crippen molar-refractivity contribution in [3.8, 4) is 0 Å². The summed E-state index contributed by atoms with van der Waals surface area (Å²) in [6.45, 7) is 13.8. The molecular formula is C17H27NO. The van der Waals surface area contributed by atoms with Crippen LogP contribution in [0.3, 0.4) is 0 Å². The number of benzene rings is 1. The van der Waals surface area contributed by atoms with Gasteiger partial charge in [-0.05, 0) is 16.5 Å². The zero-order chi connectivity index (χ0) is 14.1. The Kier molecular flexibility index (Phi) is 4.03. The molecule has 0 spiro atoms. The molecule has 1 aromatic rings. The average Bonchev–Trinajstić information content (AvgIpc) is 2.26. The van der Waals surface area contributed by atoms with Gasteiger partial charge in [0, 0.05) is 12.6 Å². The third-order valence-corrected chi connectivity index (χ3v) is 3.97. The van der Waals surface area contributed by atoms with Crippen molar-refractivity contribution >= 4 is 0 Å². The molecule has 2 rings (SSSR count). The lowest BCUT2D eigenvalue weighted by Gasteiger charge is -2.43. The number of nitrogens with one attached hydrogen (secondary N) is 1. The van der Waals surface area contributed by atoms with Crippen molar-refractivity contribution in [3.63, 3.8) is 0 Å². The lowest BCUT2D eigenvalue weighted by atomic mass is 9.77. The number of rotatable bonds is 4. The zero-order valence-corrected chi connectivity index (χ0v) is 12.9. The lowest BCUT2D eigenvalue weighted by molar-refractivity contribution is -0.0597. The topological polar surface area (TPSA) is 21.3 Å². The van der Waals surface area contributed by atoms with Gasteiger partial charge in [0.2, 0.25) is 0 Å². The molecule has 0 amide bonds. The van der Waals surface area contributed by atoms with Gasteiger partial charge in [0.25, 0.3) is 0 Å². The van der Waals surface area contributed by atoms with E-state index in [-0.39, 0.29) is 10.8 Å². The first-order valence-electron chi connectivity index (χ1n) is 7.26. The monoisotopic (exact) mass is 261 g/mol. The van der Waals surface area contributed by atoms with Gasteiger partial charge in [0.05, 0.1) is 18.6 Å². The molecule has 0 atom stereocenters. The predicted octanol–water partition coefficient (Wildman–Crippen LogP) is 3.25. The lowest BCUT2D eigenvalue weighted by Crippen LogP contribution is -2.54. The minimum Gasteiger partial charge on any atom is -0.379 e. The van der Waals surface area contributed by atoms with Crippen molar-refractivity contribution in [2.24, 2.45) is 0 Å². The zero-order valence-electron chi connectivity index (χ0n) is 12.9. The molecule has 1 saturated heterocycles. The highest BCUT2D eigenvalue weighted by Crippen LogP contribution is 2.33. The minimum atomic E-state index is 0.181. The van der Waals surface area contributed by atoms with E-state index in [1.54, 1.807) is 0 Å². The molecule has 2 nitrogen and oxygen atoms in total. The van der Waals surface area contributed by atoms with E-state index < -0.39 is 0 Å². The normalized spacial score (nSPS) is 18.4. The van der Waals surface area contributed by atoms with E-state index in [1.165, 1.54) is 11.1 Å². The molecule has 0 unspecified atom stereocenters. The SMILES string of the molecule is CC(C)NCC1(c2ccc(C(C)(C)C)cc2)COC1. The smallest absolute Gasteiger partial charge is 0.0598 e. The molecule has 0 aliphatic carbocycles. The minimum absolute atomic E-state index is 0.181. The highest BCUT2D eigenvalue weighted by atomic mass is 16.5. The van der Waals surface area contributed by atoms with Crippen LogP contribution in [0.25, 0.3) is 0 Å². The molecule has 1 N–H and O–H groups in total. The second kappa shape index (κ2) is 5.26. The van der Waals surface area contributed by atoms with Crippen molar-refractivity contribution in [1.82, 2.24) is 5.32 Å². The molecule has 106 valence electrons. The standard InChI is InChI=1S/C17H27NO/c1-13(2)18-10-17(11-19-12-17)15-8-6-14(7-9-15)16(3,4)5/h6-9,13,18H,10-12H2,1-5H3. The fourth-order valence-corrected chi connectivity index (χ4v) is 2.44. The van der Waals surface area contributed by atoms with Crippen LogP contribution in [0, 0.1) is 0 Å². The average molecular weight is 261 g/mol. The summed E-state index contributed by atoms with van der Waals surface area (Å²) in [6.07, 6.45) is 0. The third-order valence-electron chi connectivity index (χ3n) is 3.97. The molecule has 0 aromatic heterocycles. The van der Waals surface area contributed by atoms with Gasteiger partial charge in [0.15, 0.2) is 0 Å². The van der Waals surface area contributed by atoms with E-state index in [0.717, 1.165) is 19.8 Å². The number of hydrogen-bond acceptors (Lipinski definition) is 2. The highest BCUT2D eigenvalue weighted by molar-refractivity contribution is 5.34. The van der Waals surface area contributed by atoms with E-state index in [9.17, 15) is 0 Å². The van der Waals surface area contributed by atoms with Crippen LogP contribution in [0.5, 0.6) is 0 Å². The van der Waals surface area contributed by atoms with E-state index in [4.69, 9.17) is 4.74 Å². The van der Waals surface area contributed by atoms with Gasteiger partial charge < -0.3 is 10.1 Å². The van der Waals surface area contributed by atoms with Crippen molar-refractivity contribution in [1.29, 1.82) is 0 Å². The molecule has 2 heteroatoms. The van der Waals surface area contributed by atoms with Crippen LogP contribution in [0.2, 0.25) is 0 Å². The van der Waals surface area contributed by atoms with E-state index >= 15 is 0 Å². The number of ether oxygens (including phenoxy) is 1. The summed E-state index contributed by atoms with van der Waals surface area (Å²) in [5.74, 6) is 0. The van der Waals surface area contributed by atoms with Crippen LogP contribution in [0.15, 0.2) is 24.3 Å². The first kappa shape index (κ1) is 14.5. The van der Waals surface area contributed by atoms with Crippen molar-refractivity contribution < 1.29 is 4.74 Å². The summed E-state index contributed by atoms with van der Waals surface area (Å²) in [5.41, 5.74) is 3.20. The van der Waals surface area contributed by atoms with E-state index in [1.807, 2.05) is 0 Å². The third kappa shape index (κ3) is 3.18. The largest absolute Gasteiger partial charge is 0.379 e. The maximum Gasteiger partial charge on any atom is 0.0598 e. The van der Waals surface area contributed by atoms with Gasteiger partial charge in [-0.3, -0.25) is 0 Å². The van der Waals surface area contributed by atoms with Crippen LogP contribution < -0.4 is 5.32 Å². The molecule has 1 aromatic carbocycles. The first-order chi connectivity index (χ1) is 8.83. The first-order valence-corrected chi connectivity index (χ1v) is 7.26. The molecule has 1 aliphatic heterocycles. The van der Waals surface area contributed by atoms with Crippen molar-refractivity contribution in [3.05, 3.63) is 35.4 Å². The van der Waals surface area contributed by atoms with Crippen LogP contribution in [-0.2, 0) is 15.6 Å².